The molecule has 1 aliphatic carbocycles. The molecular formula is C19H22ClN3O. The first-order valence-corrected chi connectivity index (χ1v) is 8.34. The Bertz CT molecular complexity index is 748. The summed E-state index contributed by atoms with van der Waals surface area (Å²) in [5, 5.41) is 3.62. The fraction of sp³-hybridized carbons (Fsp3) is 0.316. The van der Waals surface area contributed by atoms with Gasteiger partial charge in [-0.1, -0.05) is 42.8 Å². The summed E-state index contributed by atoms with van der Waals surface area (Å²) in [6.07, 6.45) is 2.07. The lowest BCUT2D eigenvalue weighted by Gasteiger charge is -2.21. The van der Waals surface area contributed by atoms with E-state index in [9.17, 15) is 0 Å². The van der Waals surface area contributed by atoms with Crippen LogP contribution < -0.4 is 15.8 Å². The SMILES string of the molecule is COc1ccc(NC(N)=NCC2(C)Cc3ccccc3C2)cc1Cl. The summed E-state index contributed by atoms with van der Waals surface area (Å²) in [6.45, 7) is 2.94. The van der Waals surface area contributed by atoms with Crippen molar-refractivity contribution in [1.82, 2.24) is 0 Å². The maximum absolute atomic E-state index is 6.12. The van der Waals surface area contributed by atoms with Crippen molar-refractivity contribution in [2.45, 2.75) is 19.8 Å². The fourth-order valence-corrected chi connectivity index (χ4v) is 3.46. The first-order chi connectivity index (χ1) is 11.5. The van der Waals surface area contributed by atoms with Crippen molar-refractivity contribution in [3.63, 3.8) is 0 Å². The summed E-state index contributed by atoms with van der Waals surface area (Å²) in [7, 11) is 1.59. The Morgan fingerprint density at radius 1 is 1.25 bits per heavy atom. The number of aliphatic imine (C=N–C) groups is 1. The molecule has 0 heterocycles. The number of nitrogens with two attached hydrogens (primary N) is 1. The molecule has 3 rings (SSSR count). The Hall–Kier alpha value is -2.20. The van der Waals surface area contributed by atoms with Gasteiger partial charge in [-0.15, -0.1) is 0 Å². The Balaban J connectivity index is 1.64. The third kappa shape index (κ3) is 3.65. The number of benzene rings is 2. The third-order valence-electron chi connectivity index (χ3n) is 4.41. The first kappa shape index (κ1) is 16.7. The molecule has 0 bridgehead atoms. The summed E-state index contributed by atoms with van der Waals surface area (Å²) in [5.74, 6) is 1.03. The number of nitrogens with zero attached hydrogens (tertiary/aromatic N) is 1. The minimum atomic E-state index is 0.119. The Morgan fingerprint density at radius 2 is 1.92 bits per heavy atom. The fourth-order valence-electron chi connectivity index (χ4n) is 3.20. The molecule has 0 fully saturated rings. The average molecular weight is 344 g/mol. The number of fused-ring (bicyclic) bond motifs is 1. The zero-order valence-corrected chi connectivity index (χ0v) is 14.7. The molecule has 0 radical (unpaired) electrons. The number of anilines is 1. The molecule has 0 atom stereocenters. The van der Waals surface area contributed by atoms with Gasteiger partial charge in [0.25, 0.3) is 0 Å². The highest BCUT2D eigenvalue weighted by atomic mass is 35.5. The number of rotatable bonds is 4. The molecule has 0 saturated carbocycles. The van der Waals surface area contributed by atoms with Crippen molar-refractivity contribution in [2.75, 3.05) is 19.0 Å². The number of ether oxygens (including phenoxy) is 1. The van der Waals surface area contributed by atoms with Crippen LogP contribution in [0.3, 0.4) is 0 Å². The average Bonchev–Trinajstić information content (AvgIpc) is 2.90. The van der Waals surface area contributed by atoms with Gasteiger partial charge in [-0.25, -0.2) is 0 Å². The molecule has 0 saturated heterocycles. The lowest BCUT2D eigenvalue weighted by Crippen LogP contribution is -2.27. The van der Waals surface area contributed by atoms with Crippen LogP contribution in [0.15, 0.2) is 47.5 Å². The van der Waals surface area contributed by atoms with E-state index in [4.69, 9.17) is 22.1 Å². The van der Waals surface area contributed by atoms with E-state index in [1.807, 2.05) is 6.07 Å². The van der Waals surface area contributed by atoms with Crippen LogP contribution in [0.2, 0.25) is 5.02 Å². The lowest BCUT2D eigenvalue weighted by molar-refractivity contribution is 0.360. The Labute approximate surface area is 147 Å². The molecule has 3 N–H and O–H groups in total. The molecule has 126 valence electrons. The summed E-state index contributed by atoms with van der Waals surface area (Å²) in [4.78, 5) is 4.54. The summed E-state index contributed by atoms with van der Waals surface area (Å²) in [6, 6.07) is 14.0. The van der Waals surface area contributed by atoms with Crippen molar-refractivity contribution in [3.05, 3.63) is 58.6 Å². The second-order valence-electron chi connectivity index (χ2n) is 6.61. The van der Waals surface area contributed by atoms with Gasteiger partial charge in [0.05, 0.1) is 12.1 Å². The second-order valence-corrected chi connectivity index (χ2v) is 7.02. The van der Waals surface area contributed by atoms with E-state index >= 15 is 0 Å². The monoisotopic (exact) mass is 343 g/mol. The predicted octanol–water partition coefficient (Wildman–Crippen LogP) is 3.88. The van der Waals surface area contributed by atoms with E-state index in [-0.39, 0.29) is 5.41 Å². The van der Waals surface area contributed by atoms with Crippen LogP contribution in [-0.2, 0) is 12.8 Å². The van der Waals surface area contributed by atoms with Gasteiger partial charge in [-0.05, 0) is 47.6 Å². The van der Waals surface area contributed by atoms with E-state index in [2.05, 4.69) is 41.5 Å². The van der Waals surface area contributed by atoms with Gasteiger partial charge in [-0.3, -0.25) is 4.99 Å². The molecule has 0 aliphatic heterocycles. The van der Waals surface area contributed by atoms with E-state index < -0.39 is 0 Å². The van der Waals surface area contributed by atoms with Crippen molar-refractivity contribution in [3.8, 4) is 5.75 Å². The molecule has 1 aliphatic rings. The smallest absolute Gasteiger partial charge is 0.193 e. The van der Waals surface area contributed by atoms with Crippen LogP contribution in [0.1, 0.15) is 18.1 Å². The lowest BCUT2D eigenvalue weighted by atomic mass is 9.87. The molecule has 5 heteroatoms. The molecule has 0 spiro atoms. The molecule has 2 aromatic rings. The maximum atomic E-state index is 6.12. The third-order valence-corrected chi connectivity index (χ3v) is 4.70. The first-order valence-electron chi connectivity index (χ1n) is 7.96. The van der Waals surface area contributed by atoms with Gasteiger partial charge in [0, 0.05) is 12.2 Å². The highest BCUT2D eigenvalue weighted by Gasteiger charge is 2.32. The Kier molecular flexibility index (Phi) is 4.67. The van der Waals surface area contributed by atoms with Crippen molar-refractivity contribution in [2.24, 2.45) is 16.1 Å². The van der Waals surface area contributed by atoms with Crippen LogP contribution in [0.4, 0.5) is 5.69 Å². The number of guanidine groups is 1. The topological polar surface area (TPSA) is 59.6 Å². The van der Waals surface area contributed by atoms with Gasteiger partial charge in [0.15, 0.2) is 5.96 Å². The summed E-state index contributed by atoms with van der Waals surface area (Å²) in [5.41, 5.74) is 9.79. The molecule has 0 aromatic heterocycles. The van der Waals surface area contributed by atoms with Gasteiger partial charge in [0.1, 0.15) is 5.75 Å². The molecule has 4 nitrogen and oxygen atoms in total. The normalized spacial score (nSPS) is 15.9. The van der Waals surface area contributed by atoms with E-state index in [1.165, 1.54) is 11.1 Å². The zero-order valence-electron chi connectivity index (χ0n) is 14.0. The van der Waals surface area contributed by atoms with Crippen molar-refractivity contribution < 1.29 is 4.74 Å². The van der Waals surface area contributed by atoms with Crippen molar-refractivity contribution in [1.29, 1.82) is 0 Å². The van der Waals surface area contributed by atoms with Crippen LogP contribution in [0.25, 0.3) is 0 Å². The van der Waals surface area contributed by atoms with Crippen LogP contribution in [-0.4, -0.2) is 19.6 Å². The van der Waals surface area contributed by atoms with Gasteiger partial charge >= 0.3 is 0 Å². The standard InChI is InChI=1S/C19H22ClN3O/c1-19(10-13-5-3-4-6-14(13)11-19)12-22-18(21)23-15-7-8-17(24-2)16(20)9-15/h3-9H,10-12H2,1-2H3,(H3,21,22,23). The number of halogens is 1. The van der Waals surface area contributed by atoms with Crippen LogP contribution in [0, 0.1) is 5.41 Å². The van der Waals surface area contributed by atoms with E-state index in [0.717, 1.165) is 18.5 Å². The highest BCUT2D eigenvalue weighted by molar-refractivity contribution is 6.32. The largest absolute Gasteiger partial charge is 0.495 e. The van der Waals surface area contributed by atoms with Gasteiger partial charge in [0.2, 0.25) is 0 Å². The van der Waals surface area contributed by atoms with Crippen LogP contribution in [0.5, 0.6) is 5.75 Å². The summed E-state index contributed by atoms with van der Waals surface area (Å²) < 4.78 is 5.14. The highest BCUT2D eigenvalue weighted by Crippen LogP contribution is 2.36. The van der Waals surface area contributed by atoms with Crippen LogP contribution >= 0.6 is 11.6 Å². The molecular weight excluding hydrogens is 322 g/mol. The second kappa shape index (κ2) is 6.73. The Morgan fingerprint density at radius 3 is 2.50 bits per heavy atom. The van der Waals surface area contributed by atoms with E-state index in [0.29, 0.717) is 23.3 Å². The number of nitrogens with one attached hydrogen (secondary N) is 1. The number of methoxy groups -OCH3 is 1. The predicted molar refractivity (Wildman–Crippen MR) is 100 cm³/mol. The number of hydrogen-bond acceptors (Lipinski definition) is 2. The molecule has 24 heavy (non-hydrogen) atoms. The van der Waals surface area contributed by atoms with Gasteiger partial charge < -0.3 is 15.8 Å². The minimum Gasteiger partial charge on any atom is -0.495 e. The number of hydrogen-bond donors (Lipinski definition) is 2. The minimum absolute atomic E-state index is 0.119. The molecule has 2 aromatic carbocycles. The maximum Gasteiger partial charge on any atom is 0.193 e. The quantitative estimate of drug-likeness (QED) is 0.654. The van der Waals surface area contributed by atoms with Gasteiger partial charge in [-0.2, -0.15) is 0 Å². The molecule has 0 unspecified atom stereocenters. The summed E-state index contributed by atoms with van der Waals surface area (Å²) >= 11 is 6.12. The van der Waals surface area contributed by atoms with E-state index in [1.54, 1.807) is 19.2 Å². The molecule has 0 amide bonds. The van der Waals surface area contributed by atoms with Crippen molar-refractivity contribution >= 4 is 23.2 Å². The zero-order chi connectivity index (χ0) is 17.2.